The Bertz CT molecular complexity index is 384. The van der Waals surface area contributed by atoms with Gasteiger partial charge in [-0.1, -0.05) is 19.1 Å². The van der Waals surface area contributed by atoms with Gasteiger partial charge in [0.05, 0.1) is 15.7 Å². The quantitative estimate of drug-likeness (QED) is 0.786. The molecule has 1 aromatic carbocycles. The first-order valence-electron chi connectivity index (χ1n) is 6.51. The molecule has 1 aromatic rings. The minimum atomic E-state index is -0.892. The normalized spacial score (nSPS) is 14.4. The molecule has 2 atom stereocenters. The second kappa shape index (κ2) is 8.83. The Hall–Kier alpha value is -0.190. The van der Waals surface area contributed by atoms with Gasteiger partial charge in [0.15, 0.2) is 0 Å². The van der Waals surface area contributed by atoms with Gasteiger partial charge in [0.2, 0.25) is 0 Å². The van der Waals surface area contributed by atoms with Gasteiger partial charge in [-0.25, -0.2) is 0 Å². The van der Waals surface area contributed by atoms with Crippen molar-refractivity contribution in [3.05, 3.63) is 28.7 Å². The van der Waals surface area contributed by atoms with Crippen LogP contribution < -0.4 is 5.32 Å². The summed E-state index contributed by atoms with van der Waals surface area (Å²) in [4.78, 5) is 0.909. The summed E-state index contributed by atoms with van der Waals surface area (Å²) in [5.41, 5.74) is 0. The fraction of sp³-hybridized carbons (Fsp3) is 0.571. The molecule has 0 fully saturated rings. The first-order chi connectivity index (χ1) is 8.65. The zero-order valence-corrected chi connectivity index (χ0v) is 13.5. The number of hydrogen-bond acceptors (Lipinski definition) is 2. The van der Waals surface area contributed by atoms with Crippen LogP contribution in [0.4, 0.5) is 0 Å². The van der Waals surface area contributed by atoms with Crippen LogP contribution in [0, 0.1) is 0 Å². The maximum absolute atomic E-state index is 12.1. The van der Waals surface area contributed by atoms with Gasteiger partial charge < -0.3 is 5.32 Å². The van der Waals surface area contributed by atoms with E-state index in [0.29, 0.717) is 6.04 Å². The molecule has 0 aliphatic carbocycles. The Balaban J connectivity index is 2.32. The SMILES string of the molecule is CCCNC(C)CCCS(=O)c1ccccc1Br. The molecule has 4 heteroatoms. The summed E-state index contributed by atoms with van der Waals surface area (Å²) < 4.78 is 13.1. The molecule has 1 N–H and O–H groups in total. The predicted octanol–water partition coefficient (Wildman–Crippen LogP) is 3.73. The van der Waals surface area contributed by atoms with Crippen molar-refractivity contribution >= 4 is 26.7 Å². The highest BCUT2D eigenvalue weighted by Gasteiger charge is 2.08. The molecule has 0 aliphatic heterocycles. The third-order valence-electron chi connectivity index (χ3n) is 2.79. The molecule has 0 bridgehead atoms. The summed E-state index contributed by atoms with van der Waals surface area (Å²) >= 11 is 3.45. The van der Waals surface area contributed by atoms with Gasteiger partial charge in [-0.05, 0) is 60.8 Å². The van der Waals surface area contributed by atoms with Crippen LogP contribution in [0.15, 0.2) is 33.6 Å². The van der Waals surface area contributed by atoms with Crippen LogP contribution in [-0.2, 0) is 10.8 Å². The standard InChI is InChI=1S/C14H22BrNOS/c1-3-10-16-12(2)7-6-11-18(17)14-9-5-4-8-13(14)15/h4-5,8-9,12,16H,3,6-7,10-11H2,1-2H3. The van der Waals surface area contributed by atoms with Gasteiger partial charge in [0.25, 0.3) is 0 Å². The first kappa shape index (κ1) is 15.9. The highest BCUT2D eigenvalue weighted by molar-refractivity contribution is 9.10. The molecule has 0 aliphatic rings. The Kier molecular flexibility index (Phi) is 7.79. The van der Waals surface area contributed by atoms with Gasteiger partial charge in [-0.3, -0.25) is 4.21 Å². The Morgan fingerprint density at radius 1 is 1.39 bits per heavy atom. The fourth-order valence-electron chi connectivity index (χ4n) is 1.75. The van der Waals surface area contributed by atoms with Crippen molar-refractivity contribution in [2.75, 3.05) is 12.3 Å². The zero-order valence-electron chi connectivity index (χ0n) is 11.1. The van der Waals surface area contributed by atoms with E-state index in [1.165, 1.54) is 0 Å². The van der Waals surface area contributed by atoms with Gasteiger partial charge in [0.1, 0.15) is 0 Å². The van der Waals surface area contributed by atoms with E-state index in [1.54, 1.807) is 0 Å². The highest BCUT2D eigenvalue weighted by atomic mass is 79.9. The summed E-state index contributed by atoms with van der Waals surface area (Å²) in [5.74, 6) is 0.737. The van der Waals surface area contributed by atoms with Gasteiger partial charge in [-0.15, -0.1) is 0 Å². The van der Waals surface area contributed by atoms with E-state index < -0.39 is 10.8 Å². The minimum Gasteiger partial charge on any atom is -0.314 e. The van der Waals surface area contributed by atoms with Crippen LogP contribution in [0.25, 0.3) is 0 Å². The third-order valence-corrected chi connectivity index (χ3v) is 5.25. The van der Waals surface area contributed by atoms with Crippen LogP contribution in [0.1, 0.15) is 33.1 Å². The van der Waals surface area contributed by atoms with E-state index in [2.05, 4.69) is 35.1 Å². The summed E-state index contributed by atoms with van der Waals surface area (Å²) in [7, 11) is -0.892. The van der Waals surface area contributed by atoms with Crippen LogP contribution in [0.5, 0.6) is 0 Å². The predicted molar refractivity (Wildman–Crippen MR) is 82.4 cm³/mol. The van der Waals surface area contributed by atoms with E-state index in [1.807, 2.05) is 24.3 Å². The van der Waals surface area contributed by atoms with E-state index in [9.17, 15) is 4.21 Å². The molecule has 18 heavy (non-hydrogen) atoms. The molecule has 0 radical (unpaired) electrons. The maximum Gasteiger partial charge on any atom is 0.0541 e. The van der Waals surface area contributed by atoms with Crippen molar-refractivity contribution in [1.82, 2.24) is 5.32 Å². The molecular formula is C14H22BrNOS. The van der Waals surface area contributed by atoms with Crippen molar-refractivity contribution < 1.29 is 4.21 Å². The second-order valence-electron chi connectivity index (χ2n) is 4.48. The molecule has 0 amide bonds. The molecule has 0 heterocycles. The summed E-state index contributed by atoms with van der Waals surface area (Å²) in [6.07, 6.45) is 3.23. The molecule has 2 unspecified atom stereocenters. The monoisotopic (exact) mass is 331 g/mol. The Labute approximate surface area is 121 Å². The van der Waals surface area contributed by atoms with Crippen molar-refractivity contribution in [3.63, 3.8) is 0 Å². The van der Waals surface area contributed by atoms with Crippen molar-refractivity contribution in [2.45, 2.75) is 44.0 Å². The Morgan fingerprint density at radius 2 is 2.11 bits per heavy atom. The number of hydrogen-bond donors (Lipinski definition) is 1. The second-order valence-corrected chi connectivity index (χ2v) is 6.87. The van der Waals surface area contributed by atoms with Gasteiger partial charge in [-0.2, -0.15) is 0 Å². The average Bonchev–Trinajstić information content (AvgIpc) is 2.36. The van der Waals surface area contributed by atoms with Crippen molar-refractivity contribution in [1.29, 1.82) is 0 Å². The fourth-order valence-corrected chi connectivity index (χ4v) is 3.74. The van der Waals surface area contributed by atoms with Crippen molar-refractivity contribution in [3.8, 4) is 0 Å². The number of halogens is 1. The van der Waals surface area contributed by atoms with E-state index in [-0.39, 0.29) is 0 Å². The lowest BCUT2D eigenvalue weighted by atomic mass is 10.2. The summed E-state index contributed by atoms with van der Waals surface area (Å²) in [5, 5.41) is 3.45. The lowest BCUT2D eigenvalue weighted by molar-refractivity contribution is 0.509. The van der Waals surface area contributed by atoms with Gasteiger partial charge in [0, 0.05) is 16.3 Å². The van der Waals surface area contributed by atoms with E-state index >= 15 is 0 Å². The zero-order chi connectivity index (χ0) is 13.4. The largest absolute Gasteiger partial charge is 0.314 e. The average molecular weight is 332 g/mol. The highest BCUT2D eigenvalue weighted by Crippen LogP contribution is 2.20. The van der Waals surface area contributed by atoms with Crippen molar-refractivity contribution in [2.24, 2.45) is 0 Å². The lowest BCUT2D eigenvalue weighted by Crippen LogP contribution is -2.26. The van der Waals surface area contributed by atoms with Crippen LogP contribution in [-0.4, -0.2) is 22.5 Å². The lowest BCUT2D eigenvalue weighted by Gasteiger charge is -2.12. The molecule has 0 spiro atoms. The van der Waals surface area contributed by atoms with Crippen LogP contribution in [0.3, 0.4) is 0 Å². The Morgan fingerprint density at radius 3 is 2.78 bits per heavy atom. The van der Waals surface area contributed by atoms with E-state index in [0.717, 1.165) is 40.9 Å². The van der Waals surface area contributed by atoms with Crippen LogP contribution >= 0.6 is 15.9 Å². The molecule has 0 saturated carbocycles. The third kappa shape index (κ3) is 5.63. The first-order valence-corrected chi connectivity index (χ1v) is 8.62. The number of benzene rings is 1. The van der Waals surface area contributed by atoms with Crippen LogP contribution in [0.2, 0.25) is 0 Å². The molecule has 0 saturated heterocycles. The molecule has 2 nitrogen and oxygen atoms in total. The topological polar surface area (TPSA) is 29.1 Å². The summed E-state index contributed by atoms with van der Waals surface area (Å²) in [6, 6.07) is 8.27. The smallest absolute Gasteiger partial charge is 0.0541 e. The summed E-state index contributed by atoms with van der Waals surface area (Å²) in [6.45, 7) is 5.42. The minimum absolute atomic E-state index is 0.515. The van der Waals surface area contributed by atoms with Gasteiger partial charge >= 0.3 is 0 Å². The number of rotatable bonds is 8. The number of nitrogens with one attached hydrogen (secondary N) is 1. The molecule has 0 aromatic heterocycles. The van der Waals surface area contributed by atoms with E-state index in [4.69, 9.17) is 0 Å². The molecular weight excluding hydrogens is 310 g/mol. The molecule has 1 rings (SSSR count). The maximum atomic E-state index is 12.1. The molecule has 102 valence electrons.